The molecule has 2 atom stereocenters. The van der Waals surface area contributed by atoms with E-state index in [2.05, 4.69) is 6.58 Å². The van der Waals surface area contributed by atoms with Crippen molar-refractivity contribution in [1.82, 2.24) is 0 Å². The van der Waals surface area contributed by atoms with E-state index < -0.39 is 0 Å². The molecule has 2 nitrogen and oxygen atoms in total. The van der Waals surface area contributed by atoms with Crippen molar-refractivity contribution >= 4 is 0 Å². The third kappa shape index (κ3) is 2.37. The monoisotopic (exact) mass is 196 g/mol. The van der Waals surface area contributed by atoms with Gasteiger partial charge in [-0.3, -0.25) is 0 Å². The predicted octanol–water partition coefficient (Wildman–Crippen LogP) is 2.68. The van der Waals surface area contributed by atoms with Crippen LogP contribution in [0.2, 0.25) is 0 Å². The summed E-state index contributed by atoms with van der Waals surface area (Å²) in [5, 5.41) is 0. The van der Waals surface area contributed by atoms with Gasteiger partial charge in [0.1, 0.15) is 0 Å². The summed E-state index contributed by atoms with van der Waals surface area (Å²) < 4.78 is 11.4. The highest BCUT2D eigenvalue weighted by molar-refractivity contribution is 5.10. The molecule has 2 aliphatic rings. The van der Waals surface area contributed by atoms with Crippen LogP contribution in [0.1, 0.15) is 38.5 Å². The van der Waals surface area contributed by atoms with Crippen LogP contribution in [0.25, 0.3) is 0 Å². The molecule has 0 aliphatic carbocycles. The molecule has 14 heavy (non-hydrogen) atoms. The van der Waals surface area contributed by atoms with Gasteiger partial charge in [-0.2, -0.15) is 0 Å². The molecule has 2 aliphatic heterocycles. The zero-order valence-corrected chi connectivity index (χ0v) is 8.84. The summed E-state index contributed by atoms with van der Waals surface area (Å²) in [6.45, 7) is 5.95. The van der Waals surface area contributed by atoms with Crippen LogP contribution in [0.15, 0.2) is 12.2 Å². The molecule has 0 aromatic heterocycles. The molecule has 2 fully saturated rings. The standard InChI is InChI=1S/C12H20O2/c1-10(11-6-2-4-8-13-11)12-7-3-5-9-14-12/h11-12H,1-9H2. The molecule has 0 amide bonds. The molecule has 0 N–H and O–H groups in total. The van der Waals surface area contributed by atoms with Gasteiger partial charge >= 0.3 is 0 Å². The number of rotatable bonds is 2. The molecule has 0 aromatic carbocycles. The third-order valence-corrected chi connectivity index (χ3v) is 3.19. The van der Waals surface area contributed by atoms with Crippen LogP contribution in [0.3, 0.4) is 0 Å². The number of ether oxygens (including phenoxy) is 2. The minimum Gasteiger partial charge on any atom is -0.374 e. The molecule has 0 spiro atoms. The molecule has 0 saturated carbocycles. The Bertz CT molecular complexity index is 168. The van der Waals surface area contributed by atoms with Crippen molar-refractivity contribution in [1.29, 1.82) is 0 Å². The predicted molar refractivity (Wildman–Crippen MR) is 56.3 cm³/mol. The van der Waals surface area contributed by atoms with Crippen LogP contribution in [-0.4, -0.2) is 25.4 Å². The van der Waals surface area contributed by atoms with Crippen LogP contribution in [0.5, 0.6) is 0 Å². The highest BCUT2D eigenvalue weighted by Gasteiger charge is 2.25. The lowest BCUT2D eigenvalue weighted by Gasteiger charge is -2.31. The van der Waals surface area contributed by atoms with Crippen LogP contribution in [0.4, 0.5) is 0 Å². The SMILES string of the molecule is C=C(C1CCCCO1)C1CCCCO1. The summed E-state index contributed by atoms with van der Waals surface area (Å²) in [5.41, 5.74) is 1.18. The van der Waals surface area contributed by atoms with E-state index in [0.717, 1.165) is 26.1 Å². The second kappa shape index (κ2) is 4.94. The second-order valence-electron chi connectivity index (χ2n) is 4.29. The quantitative estimate of drug-likeness (QED) is 0.632. The summed E-state index contributed by atoms with van der Waals surface area (Å²) >= 11 is 0. The maximum absolute atomic E-state index is 5.71. The summed E-state index contributed by atoms with van der Waals surface area (Å²) in [6, 6.07) is 0. The maximum Gasteiger partial charge on any atom is 0.0807 e. The average molecular weight is 196 g/mol. The molecule has 2 rings (SSSR count). The molecule has 2 saturated heterocycles. The highest BCUT2D eigenvalue weighted by atomic mass is 16.5. The zero-order valence-electron chi connectivity index (χ0n) is 8.84. The smallest absolute Gasteiger partial charge is 0.0807 e. The first-order valence-corrected chi connectivity index (χ1v) is 5.80. The summed E-state index contributed by atoms with van der Waals surface area (Å²) in [6.07, 6.45) is 7.77. The van der Waals surface area contributed by atoms with Gasteiger partial charge in [-0.1, -0.05) is 6.58 Å². The lowest BCUT2D eigenvalue weighted by Crippen LogP contribution is -2.31. The lowest BCUT2D eigenvalue weighted by atomic mass is 9.94. The first-order chi connectivity index (χ1) is 6.88. The summed E-state index contributed by atoms with van der Waals surface area (Å²) in [7, 11) is 0. The van der Waals surface area contributed by atoms with Gasteiger partial charge in [0.05, 0.1) is 12.2 Å². The Kier molecular flexibility index (Phi) is 3.60. The molecule has 0 radical (unpaired) electrons. The van der Waals surface area contributed by atoms with Crippen LogP contribution < -0.4 is 0 Å². The van der Waals surface area contributed by atoms with Gasteiger partial charge in [-0.05, 0) is 44.1 Å². The molecule has 80 valence electrons. The normalized spacial score (nSPS) is 34.0. The Labute approximate surface area is 86.3 Å². The average Bonchev–Trinajstić information content (AvgIpc) is 2.30. The Morgan fingerprint density at radius 2 is 1.36 bits per heavy atom. The summed E-state index contributed by atoms with van der Waals surface area (Å²) in [5.74, 6) is 0. The Morgan fingerprint density at radius 3 is 1.71 bits per heavy atom. The number of hydrogen-bond acceptors (Lipinski definition) is 2. The fourth-order valence-corrected chi connectivity index (χ4v) is 2.27. The van der Waals surface area contributed by atoms with E-state index in [-0.39, 0.29) is 12.2 Å². The van der Waals surface area contributed by atoms with Crippen molar-refractivity contribution < 1.29 is 9.47 Å². The first kappa shape index (κ1) is 10.2. The third-order valence-electron chi connectivity index (χ3n) is 3.19. The highest BCUT2D eigenvalue weighted by Crippen LogP contribution is 2.26. The molecule has 0 aromatic rings. The summed E-state index contributed by atoms with van der Waals surface area (Å²) in [4.78, 5) is 0. The zero-order chi connectivity index (χ0) is 9.80. The Morgan fingerprint density at radius 1 is 0.857 bits per heavy atom. The van der Waals surface area contributed by atoms with Crippen molar-refractivity contribution in [3.8, 4) is 0 Å². The van der Waals surface area contributed by atoms with E-state index in [1.807, 2.05) is 0 Å². The van der Waals surface area contributed by atoms with E-state index in [9.17, 15) is 0 Å². The molecular formula is C12H20O2. The van der Waals surface area contributed by atoms with Crippen molar-refractivity contribution in [2.75, 3.05) is 13.2 Å². The Hall–Kier alpha value is -0.340. The maximum atomic E-state index is 5.71. The molecule has 2 heteroatoms. The van der Waals surface area contributed by atoms with Gasteiger partial charge in [-0.25, -0.2) is 0 Å². The van der Waals surface area contributed by atoms with Gasteiger partial charge in [0.25, 0.3) is 0 Å². The molecule has 0 bridgehead atoms. The fourth-order valence-electron chi connectivity index (χ4n) is 2.27. The molecule has 2 unspecified atom stereocenters. The van der Waals surface area contributed by atoms with Crippen molar-refractivity contribution in [3.05, 3.63) is 12.2 Å². The van der Waals surface area contributed by atoms with E-state index in [4.69, 9.17) is 9.47 Å². The minimum absolute atomic E-state index is 0.270. The topological polar surface area (TPSA) is 18.5 Å². The van der Waals surface area contributed by atoms with Crippen molar-refractivity contribution in [2.24, 2.45) is 0 Å². The number of hydrogen-bond donors (Lipinski definition) is 0. The fraction of sp³-hybridized carbons (Fsp3) is 0.833. The van der Waals surface area contributed by atoms with E-state index in [0.29, 0.717) is 0 Å². The minimum atomic E-state index is 0.270. The van der Waals surface area contributed by atoms with Crippen LogP contribution in [0, 0.1) is 0 Å². The van der Waals surface area contributed by atoms with Crippen molar-refractivity contribution in [2.45, 2.75) is 50.7 Å². The largest absolute Gasteiger partial charge is 0.374 e. The van der Waals surface area contributed by atoms with Crippen LogP contribution >= 0.6 is 0 Å². The van der Waals surface area contributed by atoms with E-state index >= 15 is 0 Å². The van der Waals surface area contributed by atoms with Gasteiger partial charge in [-0.15, -0.1) is 0 Å². The Balaban J connectivity index is 1.85. The van der Waals surface area contributed by atoms with Gasteiger partial charge in [0.15, 0.2) is 0 Å². The van der Waals surface area contributed by atoms with E-state index in [1.54, 1.807) is 0 Å². The first-order valence-electron chi connectivity index (χ1n) is 5.80. The van der Waals surface area contributed by atoms with E-state index in [1.165, 1.54) is 31.3 Å². The van der Waals surface area contributed by atoms with Gasteiger partial charge in [0, 0.05) is 13.2 Å². The second-order valence-corrected chi connectivity index (χ2v) is 4.29. The molecular weight excluding hydrogens is 176 g/mol. The molecule has 2 heterocycles. The van der Waals surface area contributed by atoms with Crippen molar-refractivity contribution in [3.63, 3.8) is 0 Å². The lowest BCUT2D eigenvalue weighted by molar-refractivity contribution is -0.00839. The van der Waals surface area contributed by atoms with Gasteiger partial charge < -0.3 is 9.47 Å². The van der Waals surface area contributed by atoms with Crippen LogP contribution in [-0.2, 0) is 9.47 Å². The van der Waals surface area contributed by atoms with Gasteiger partial charge in [0.2, 0.25) is 0 Å².